The largest absolute Gasteiger partial charge is 0.256 e. The van der Waals surface area contributed by atoms with E-state index in [1.807, 2.05) is 32.2 Å². The van der Waals surface area contributed by atoms with E-state index in [1.165, 1.54) is 0 Å². The van der Waals surface area contributed by atoms with Crippen LogP contribution in [0.5, 0.6) is 0 Å². The van der Waals surface area contributed by atoms with Crippen molar-refractivity contribution in [2.24, 2.45) is 0 Å². The molecule has 0 N–H and O–H groups in total. The molecule has 0 atom stereocenters. The molecule has 1 aromatic heterocycles. The first-order chi connectivity index (χ1) is 7.59. The van der Waals surface area contributed by atoms with Crippen LogP contribution in [0.1, 0.15) is 11.1 Å². The number of nitrogens with zero attached hydrogens (tertiary/aromatic N) is 1. The van der Waals surface area contributed by atoms with Gasteiger partial charge in [0.15, 0.2) is 0 Å². The highest BCUT2D eigenvalue weighted by Crippen LogP contribution is 2.33. The molecule has 0 amide bonds. The third-order valence-corrected chi connectivity index (χ3v) is 3.24. The smallest absolute Gasteiger partial charge is 0.0746 e. The van der Waals surface area contributed by atoms with Crippen molar-refractivity contribution < 1.29 is 0 Å². The number of halogens is 2. The molecule has 16 heavy (non-hydrogen) atoms. The fraction of sp³-hybridized carbons (Fsp3) is 0.154. The van der Waals surface area contributed by atoms with Crippen LogP contribution in [0.4, 0.5) is 0 Å². The number of hydrogen-bond acceptors (Lipinski definition) is 1. The number of pyridine rings is 1. The minimum Gasteiger partial charge on any atom is -0.256 e. The molecule has 0 bridgehead atoms. The maximum atomic E-state index is 6.17. The van der Waals surface area contributed by atoms with Gasteiger partial charge in [-0.2, -0.15) is 0 Å². The van der Waals surface area contributed by atoms with Gasteiger partial charge in [-0.3, -0.25) is 4.98 Å². The highest BCUT2D eigenvalue weighted by Gasteiger charge is 2.10. The van der Waals surface area contributed by atoms with Gasteiger partial charge in [0.25, 0.3) is 0 Å². The third-order valence-electron chi connectivity index (χ3n) is 2.42. The lowest BCUT2D eigenvalue weighted by atomic mass is 10.1. The van der Waals surface area contributed by atoms with Gasteiger partial charge in [0, 0.05) is 11.8 Å². The summed E-state index contributed by atoms with van der Waals surface area (Å²) in [5.74, 6) is 0. The molecule has 1 nitrogen and oxygen atoms in total. The van der Waals surface area contributed by atoms with E-state index in [9.17, 15) is 0 Å². The maximum absolute atomic E-state index is 6.17. The number of hydrogen-bond donors (Lipinski definition) is 0. The Morgan fingerprint density at radius 2 is 1.88 bits per heavy atom. The van der Waals surface area contributed by atoms with Crippen molar-refractivity contribution in [2.45, 2.75) is 13.8 Å². The van der Waals surface area contributed by atoms with E-state index >= 15 is 0 Å². The summed E-state index contributed by atoms with van der Waals surface area (Å²) >= 11 is 12.2. The Bertz CT molecular complexity index is 535. The number of aryl methyl sites for hydroxylation is 2. The summed E-state index contributed by atoms with van der Waals surface area (Å²) in [4.78, 5) is 4.41. The number of aromatic nitrogens is 1. The first-order valence-electron chi connectivity index (χ1n) is 4.97. The zero-order valence-electron chi connectivity index (χ0n) is 9.09. The van der Waals surface area contributed by atoms with Crippen LogP contribution in [0.15, 0.2) is 30.5 Å². The Kier molecular flexibility index (Phi) is 3.17. The Morgan fingerprint density at radius 3 is 2.56 bits per heavy atom. The zero-order valence-corrected chi connectivity index (χ0v) is 10.6. The molecule has 0 radical (unpaired) electrons. The van der Waals surface area contributed by atoms with Crippen molar-refractivity contribution in [3.63, 3.8) is 0 Å². The van der Waals surface area contributed by atoms with Crippen LogP contribution in [-0.2, 0) is 0 Å². The Morgan fingerprint density at radius 1 is 1.12 bits per heavy atom. The van der Waals surface area contributed by atoms with Crippen LogP contribution in [0, 0.1) is 13.8 Å². The van der Waals surface area contributed by atoms with Gasteiger partial charge in [-0.05, 0) is 31.0 Å². The molecule has 2 rings (SSSR count). The second-order valence-electron chi connectivity index (χ2n) is 3.78. The first-order valence-corrected chi connectivity index (χ1v) is 5.73. The lowest BCUT2D eigenvalue weighted by Crippen LogP contribution is -1.90. The van der Waals surface area contributed by atoms with Crippen molar-refractivity contribution in [1.82, 2.24) is 4.98 Å². The predicted molar refractivity (Wildman–Crippen MR) is 69.2 cm³/mol. The Labute approximate surface area is 105 Å². The van der Waals surface area contributed by atoms with E-state index in [-0.39, 0.29) is 0 Å². The molecule has 3 heteroatoms. The lowest BCUT2D eigenvalue weighted by molar-refractivity contribution is 1.22. The standard InChI is InChI=1S/C13H11Cl2N/c1-8-6-9(2)13(16-7-8)10-4-3-5-11(14)12(10)15/h3-7H,1-2H3. The SMILES string of the molecule is Cc1cnc(-c2cccc(Cl)c2Cl)c(C)c1. The van der Waals surface area contributed by atoms with Crippen molar-refractivity contribution in [3.8, 4) is 11.3 Å². The zero-order chi connectivity index (χ0) is 11.7. The number of benzene rings is 1. The molecule has 0 aliphatic carbocycles. The molecule has 0 aliphatic heterocycles. The van der Waals surface area contributed by atoms with Crippen molar-refractivity contribution in [2.75, 3.05) is 0 Å². The summed E-state index contributed by atoms with van der Waals surface area (Å²) in [6.45, 7) is 4.04. The topological polar surface area (TPSA) is 12.9 Å². The van der Waals surface area contributed by atoms with Gasteiger partial charge < -0.3 is 0 Å². The van der Waals surface area contributed by atoms with Gasteiger partial charge in [0.05, 0.1) is 15.7 Å². The minimum atomic E-state index is 0.556. The molecule has 1 heterocycles. The van der Waals surface area contributed by atoms with Crippen LogP contribution in [-0.4, -0.2) is 4.98 Å². The molecular formula is C13H11Cl2N. The van der Waals surface area contributed by atoms with Crippen molar-refractivity contribution >= 4 is 23.2 Å². The maximum Gasteiger partial charge on any atom is 0.0746 e. The van der Waals surface area contributed by atoms with Crippen molar-refractivity contribution in [3.05, 3.63) is 51.6 Å². The van der Waals surface area contributed by atoms with Crippen LogP contribution in [0.25, 0.3) is 11.3 Å². The van der Waals surface area contributed by atoms with Gasteiger partial charge in [-0.1, -0.05) is 41.4 Å². The van der Waals surface area contributed by atoms with E-state index in [0.29, 0.717) is 10.0 Å². The summed E-state index contributed by atoms with van der Waals surface area (Å²) in [5.41, 5.74) is 4.01. The molecular weight excluding hydrogens is 241 g/mol. The van der Waals surface area contributed by atoms with Crippen LogP contribution >= 0.6 is 23.2 Å². The van der Waals surface area contributed by atoms with E-state index < -0.39 is 0 Å². The van der Waals surface area contributed by atoms with Gasteiger partial charge in [-0.15, -0.1) is 0 Å². The minimum absolute atomic E-state index is 0.556. The first kappa shape index (κ1) is 11.4. The average Bonchev–Trinajstić information content (AvgIpc) is 2.23. The van der Waals surface area contributed by atoms with Gasteiger partial charge in [-0.25, -0.2) is 0 Å². The highest BCUT2D eigenvalue weighted by atomic mass is 35.5. The summed E-state index contributed by atoms with van der Waals surface area (Å²) in [5, 5.41) is 1.12. The van der Waals surface area contributed by atoms with Crippen molar-refractivity contribution in [1.29, 1.82) is 0 Å². The second kappa shape index (κ2) is 4.44. The molecule has 0 unspecified atom stereocenters. The summed E-state index contributed by atoms with van der Waals surface area (Å²) in [6, 6.07) is 7.67. The molecule has 0 saturated heterocycles. The summed E-state index contributed by atoms with van der Waals surface area (Å²) in [7, 11) is 0. The van der Waals surface area contributed by atoms with Crippen LogP contribution in [0.2, 0.25) is 10.0 Å². The van der Waals surface area contributed by atoms with Gasteiger partial charge in [0.2, 0.25) is 0 Å². The highest BCUT2D eigenvalue weighted by molar-refractivity contribution is 6.43. The fourth-order valence-electron chi connectivity index (χ4n) is 1.68. The molecule has 0 aliphatic rings. The van der Waals surface area contributed by atoms with E-state index in [0.717, 1.165) is 22.4 Å². The molecule has 0 spiro atoms. The summed E-state index contributed by atoms with van der Waals surface area (Å²) < 4.78 is 0. The monoisotopic (exact) mass is 251 g/mol. The quantitative estimate of drug-likeness (QED) is 0.718. The third kappa shape index (κ3) is 2.06. The molecule has 2 aromatic rings. The van der Waals surface area contributed by atoms with E-state index in [2.05, 4.69) is 11.1 Å². The molecule has 0 fully saturated rings. The van der Waals surface area contributed by atoms with E-state index in [4.69, 9.17) is 23.2 Å². The Hall–Kier alpha value is -1.05. The molecule has 0 saturated carbocycles. The molecule has 1 aromatic carbocycles. The second-order valence-corrected chi connectivity index (χ2v) is 4.56. The van der Waals surface area contributed by atoms with Crippen LogP contribution in [0.3, 0.4) is 0 Å². The normalized spacial score (nSPS) is 10.5. The molecule has 82 valence electrons. The lowest BCUT2D eigenvalue weighted by Gasteiger charge is -2.08. The fourth-order valence-corrected chi connectivity index (χ4v) is 2.07. The average molecular weight is 252 g/mol. The van der Waals surface area contributed by atoms with Gasteiger partial charge in [0.1, 0.15) is 0 Å². The number of rotatable bonds is 1. The van der Waals surface area contributed by atoms with Crippen LogP contribution < -0.4 is 0 Å². The van der Waals surface area contributed by atoms with E-state index in [1.54, 1.807) is 6.07 Å². The van der Waals surface area contributed by atoms with Gasteiger partial charge >= 0.3 is 0 Å². The summed E-state index contributed by atoms with van der Waals surface area (Å²) in [6.07, 6.45) is 1.83. The predicted octanol–water partition coefficient (Wildman–Crippen LogP) is 4.67. The Balaban J connectivity index is 2.63.